The zero-order valence-electron chi connectivity index (χ0n) is 11.5. The first-order valence-electron chi connectivity index (χ1n) is 6.97. The molecule has 0 aromatic heterocycles. The molecular weight excluding hydrogens is 323 g/mol. The van der Waals surface area contributed by atoms with Gasteiger partial charge >= 0.3 is 0 Å². The molecule has 3 nitrogen and oxygen atoms in total. The van der Waals surface area contributed by atoms with Gasteiger partial charge in [-0.3, -0.25) is 4.79 Å². The Hall–Kier alpha value is -0.940. The molecule has 0 heterocycles. The summed E-state index contributed by atoms with van der Waals surface area (Å²) in [4.78, 5) is 11.1. The third-order valence-corrected chi connectivity index (χ3v) is 4.54. The summed E-state index contributed by atoms with van der Waals surface area (Å²) >= 11 is 3.26. The van der Waals surface area contributed by atoms with E-state index in [1.54, 1.807) is 6.07 Å². The van der Waals surface area contributed by atoms with Crippen molar-refractivity contribution in [3.8, 4) is 0 Å². The number of hydrogen-bond acceptors (Lipinski definition) is 2. The molecule has 1 saturated carbocycles. The fraction of sp³-hybridized carbons (Fsp3) is 0.533. The third kappa shape index (κ3) is 3.79. The van der Waals surface area contributed by atoms with E-state index < -0.39 is 0 Å². The quantitative estimate of drug-likeness (QED) is 0.882. The Kier molecular flexibility index (Phi) is 5.16. The van der Waals surface area contributed by atoms with E-state index in [2.05, 4.69) is 21.2 Å². The van der Waals surface area contributed by atoms with Crippen molar-refractivity contribution in [2.45, 2.75) is 44.7 Å². The molecule has 0 bridgehead atoms. The van der Waals surface area contributed by atoms with Gasteiger partial charge in [0.1, 0.15) is 5.82 Å². The lowest BCUT2D eigenvalue weighted by Gasteiger charge is -2.30. The maximum Gasteiger partial charge on any atom is 0.220 e. The molecule has 1 fully saturated rings. The van der Waals surface area contributed by atoms with E-state index in [-0.39, 0.29) is 23.7 Å². The van der Waals surface area contributed by atoms with Crippen LogP contribution < -0.4 is 11.1 Å². The second-order valence-electron chi connectivity index (χ2n) is 5.51. The Balaban J connectivity index is 1.92. The Morgan fingerprint density at radius 3 is 2.60 bits per heavy atom. The van der Waals surface area contributed by atoms with Crippen LogP contribution in [-0.4, -0.2) is 11.9 Å². The molecule has 0 spiro atoms. The van der Waals surface area contributed by atoms with Gasteiger partial charge in [-0.05, 0) is 44.7 Å². The minimum atomic E-state index is -0.204. The highest BCUT2D eigenvalue weighted by Gasteiger charge is 2.25. The van der Waals surface area contributed by atoms with E-state index in [0.717, 1.165) is 30.2 Å². The fourth-order valence-corrected chi connectivity index (χ4v) is 3.17. The van der Waals surface area contributed by atoms with Crippen molar-refractivity contribution in [2.24, 2.45) is 11.7 Å². The van der Waals surface area contributed by atoms with Crippen LogP contribution in [0.3, 0.4) is 0 Å². The number of primary amides is 1. The Labute approximate surface area is 127 Å². The highest BCUT2D eigenvalue weighted by atomic mass is 79.9. The van der Waals surface area contributed by atoms with Gasteiger partial charge in [0.25, 0.3) is 0 Å². The zero-order valence-corrected chi connectivity index (χ0v) is 13.1. The summed E-state index contributed by atoms with van der Waals surface area (Å²) in [5, 5.41) is 3.45. The minimum Gasteiger partial charge on any atom is -0.369 e. The first-order valence-corrected chi connectivity index (χ1v) is 7.77. The van der Waals surface area contributed by atoms with Gasteiger partial charge in [-0.15, -0.1) is 0 Å². The van der Waals surface area contributed by atoms with Crippen LogP contribution in [0.4, 0.5) is 4.39 Å². The van der Waals surface area contributed by atoms with Crippen LogP contribution in [0.2, 0.25) is 0 Å². The largest absolute Gasteiger partial charge is 0.369 e. The van der Waals surface area contributed by atoms with Crippen LogP contribution in [0.15, 0.2) is 22.7 Å². The molecule has 1 aromatic rings. The average molecular weight is 343 g/mol. The van der Waals surface area contributed by atoms with Crippen molar-refractivity contribution in [3.63, 3.8) is 0 Å². The Bertz CT molecular complexity index is 487. The van der Waals surface area contributed by atoms with Gasteiger partial charge in [-0.25, -0.2) is 4.39 Å². The summed E-state index contributed by atoms with van der Waals surface area (Å²) < 4.78 is 14.6. The number of benzene rings is 1. The summed E-state index contributed by atoms with van der Waals surface area (Å²) in [5.41, 5.74) is 6.00. The van der Waals surface area contributed by atoms with Crippen LogP contribution in [0, 0.1) is 11.7 Å². The summed E-state index contributed by atoms with van der Waals surface area (Å²) in [5.74, 6) is -0.395. The monoisotopic (exact) mass is 342 g/mol. The molecular formula is C15H20BrFN2O. The molecule has 1 aliphatic carbocycles. The van der Waals surface area contributed by atoms with Gasteiger partial charge in [-0.1, -0.05) is 22.0 Å². The Morgan fingerprint density at radius 1 is 1.40 bits per heavy atom. The van der Waals surface area contributed by atoms with Crippen LogP contribution >= 0.6 is 15.9 Å². The van der Waals surface area contributed by atoms with Crippen LogP contribution in [-0.2, 0) is 4.79 Å². The average Bonchev–Trinajstić information content (AvgIpc) is 2.39. The van der Waals surface area contributed by atoms with Gasteiger partial charge in [-0.2, -0.15) is 0 Å². The molecule has 110 valence electrons. The molecule has 1 amide bonds. The first kappa shape index (κ1) is 15.4. The molecule has 0 aliphatic heterocycles. The van der Waals surface area contributed by atoms with E-state index in [9.17, 15) is 9.18 Å². The number of amides is 1. The molecule has 5 heteroatoms. The second-order valence-corrected chi connectivity index (χ2v) is 6.42. The maximum absolute atomic E-state index is 13.9. The molecule has 0 radical (unpaired) electrons. The fourth-order valence-electron chi connectivity index (χ4n) is 2.84. The molecule has 1 atom stereocenters. The number of nitrogens with one attached hydrogen (secondary N) is 1. The van der Waals surface area contributed by atoms with Crippen molar-refractivity contribution >= 4 is 21.8 Å². The van der Waals surface area contributed by atoms with Crippen LogP contribution in [0.25, 0.3) is 0 Å². The van der Waals surface area contributed by atoms with Crippen molar-refractivity contribution in [1.29, 1.82) is 0 Å². The number of rotatable bonds is 4. The SMILES string of the molecule is CC(NC1CCC(C(N)=O)CC1)c1ccc(Br)cc1F. The number of hydrogen-bond donors (Lipinski definition) is 2. The third-order valence-electron chi connectivity index (χ3n) is 4.04. The van der Waals surface area contributed by atoms with Crippen LogP contribution in [0.5, 0.6) is 0 Å². The van der Waals surface area contributed by atoms with Crippen molar-refractivity contribution in [2.75, 3.05) is 0 Å². The number of carbonyl (C=O) groups is 1. The van der Waals surface area contributed by atoms with Crippen molar-refractivity contribution in [1.82, 2.24) is 5.32 Å². The lowest BCUT2D eigenvalue weighted by molar-refractivity contribution is -0.122. The van der Waals surface area contributed by atoms with Gasteiger partial charge in [0.2, 0.25) is 5.91 Å². The number of carbonyl (C=O) groups excluding carboxylic acids is 1. The van der Waals surface area contributed by atoms with E-state index >= 15 is 0 Å². The zero-order chi connectivity index (χ0) is 14.7. The molecule has 1 aliphatic rings. The highest BCUT2D eigenvalue weighted by Crippen LogP contribution is 2.27. The predicted octanol–water partition coefficient (Wildman–Crippen LogP) is 3.28. The highest BCUT2D eigenvalue weighted by molar-refractivity contribution is 9.10. The van der Waals surface area contributed by atoms with E-state index in [1.165, 1.54) is 6.07 Å². The topological polar surface area (TPSA) is 55.1 Å². The second kappa shape index (κ2) is 6.68. The van der Waals surface area contributed by atoms with Crippen LogP contribution in [0.1, 0.15) is 44.2 Å². The summed E-state index contributed by atoms with van der Waals surface area (Å²) in [7, 11) is 0. The molecule has 3 N–H and O–H groups in total. The maximum atomic E-state index is 13.9. The summed E-state index contributed by atoms with van der Waals surface area (Å²) in [6, 6.07) is 5.41. The predicted molar refractivity (Wildman–Crippen MR) is 80.6 cm³/mol. The lowest BCUT2D eigenvalue weighted by atomic mass is 9.85. The minimum absolute atomic E-state index is 0.00720. The van der Waals surface area contributed by atoms with Crippen molar-refractivity contribution < 1.29 is 9.18 Å². The van der Waals surface area contributed by atoms with Crippen molar-refractivity contribution in [3.05, 3.63) is 34.1 Å². The number of halogens is 2. The molecule has 0 saturated heterocycles. The van der Waals surface area contributed by atoms with E-state index in [1.807, 2.05) is 13.0 Å². The molecule has 2 rings (SSSR count). The smallest absolute Gasteiger partial charge is 0.220 e. The van der Waals surface area contributed by atoms with Gasteiger partial charge in [0.05, 0.1) is 0 Å². The van der Waals surface area contributed by atoms with E-state index in [0.29, 0.717) is 11.6 Å². The normalized spacial score (nSPS) is 24.4. The summed E-state index contributed by atoms with van der Waals surface area (Å²) in [6.45, 7) is 1.96. The number of nitrogens with two attached hydrogens (primary N) is 1. The van der Waals surface area contributed by atoms with E-state index in [4.69, 9.17) is 5.73 Å². The van der Waals surface area contributed by atoms with Gasteiger partial charge in [0, 0.05) is 28.0 Å². The molecule has 20 heavy (non-hydrogen) atoms. The molecule has 1 unspecified atom stereocenters. The molecule has 1 aromatic carbocycles. The Morgan fingerprint density at radius 2 is 2.05 bits per heavy atom. The van der Waals surface area contributed by atoms with Gasteiger partial charge < -0.3 is 11.1 Å². The summed E-state index contributed by atoms with van der Waals surface area (Å²) in [6.07, 6.45) is 3.47. The first-order chi connectivity index (χ1) is 9.47. The lowest BCUT2D eigenvalue weighted by Crippen LogP contribution is -2.38. The van der Waals surface area contributed by atoms with Gasteiger partial charge in [0.15, 0.2) is 0 Å². The standard InChI is InChI=1S/C15H20BrFN2O/c1-9(13-7-4-11(16)8-14(13)17)19-12-5-2-10(3-6-12)15(18)20/h4,7-10,12,19H,2-3,5-6H2,1H3,(H2,18,20).